The molecule has 21 heavy (non-hydrogen) atoms. The molecule has 0 heterocycles. The Morgan fingerprint density at radius 2 is 1.90 bits per heavy atom. The Labute approximate surface area is 131 Å². The first-order chi connectivity index (χ1) is 10.0. The molecule has 0 aliphatic carbocycles. The highest BCUT2D eigenvalue weighted by Crippen LogP contribution is 2.19. The van der Waals surface area contributed by atoms with Gasteiger partial charge in [-0.25, -0.2) is 4.39 Å². The third kappa shape index (κ3) is 3.82. The summed E-state index contributed by atoms with van der Waals surface area (Å²) in [5.74, 6) is -0.676. The fraction of sp³-hybridized carbons (Fsp3) is 0.188. The minimum absolute atomic E-state index is 0.000221. The Kier molecular flexibility index (Phi) is 4.96. The number of amides is 1. The van der Waals surface area contributed by atoms with E-state index in [9.17, 15) is 9.18 Å². The van der Waals surface area contributed by atoms with E-state index in [0.29, 0.717) is 5.75 Å². The van der Waals surface area contributed by atoms with Gasteiger partial charge in [0.25, 0.3) is 5.91 Å². The number of carbonyl (C=O) groups is 1. The topological polar surface area (TPSA) is 38.3 Å². The predicted molar refractivity (Wildman–Crippen MR) is 83.0 cm³/mol. The van der Waals surface area contributed by atoms with E-state index in [1.54, 1.807) is 6.07 Å². The number of methoxy groups -OCH3 is 1. The molecule has 0 aliphatic rings. The Hall–Kier alpha value is -1.88. The van der Waals surface area contributed by atoms with Crippen LogP contribution in [0.25, 0.3) is 0 Å². The van der Waals surface area contributed by atoms with Gasteiger partial charge in [0.15, 0.2) is 0 Å². The maximum atomic E-state index is 13.8. The van der Waals surface area contributed by atoms with E-state index in [1.165, 1.54) is 19.2 Å². The van der Waals surface area contributed by atoms with Gasteiger partial charge < -0.3 is 10.1 Å². The van der Waals surface area contributed by atoms with Gasteiger partial charge in [-0.2, -0.15) is 0 Å². The van der Waals surface area contributed by atoms with Crippen LogP contribution >= 0.6 is 15.9 Å². The fourth-order valence-electron chi connectivity index (χ4n) is 1.92. The molecule has 0 radical (unpaired) electrons. The number of benzene rings is 2. The van der Waals surface area contributed by atoms with Crippen molar-refractivity contribution in [3.05, 3.63) is 63.9 Å². The van der Waals surface area contributed by atoms with Crippen LogP contribution < -0.4 is 10.1 Å². The van der Waals surface area contributed by atoms with Crippen LogP contribution in [0.4, 0.5) is 4.39 Å². The molecule has 3 nitrogen and oxygen atoms in total. The second-order valence-corrected chi connectivity index (χ2v) is 5.51. The number of hydrogen-bond acceptors (Lipinski definition) is 2. The molecule has 1 N–H and O–H groups in total. The summed E-state index contributed by atoms with van der Waals surface area (Å²) < 4.78 is 19.7. The summed E-state index contributed by atoms with van der Waals surface area (Å²) in [4.78, 5) is 12.1. The van der Waals surface area contributed by atoms with Gasteiger partial charge in [-0.15, -0.1) is 0 Å². The van der Waals surface area contributed by atoms with Crippen LogP contribution in [0.15, 0.2) is 46.9 Å². The Bertz CT molecular complexity index is 643. The second kappa shape index (κ2) is 6.72. The monoisotopic (exact) mass is 351 g/mol. The van der Waals surface area contributed by atoms with Crippen LogP contribution in [0.3, 0.4) is 0 Å². The zero-order valence-corrected chi connectivity index (χ0v) is 13.3. The number of ether oxygens (including phenoxy) is 1. The predicted octanol–water partition coefficient (Wildman–Crippen LogP) is 4.09. The largest absolute Gasteiger partial charge is 0.497 e. The van der Waals surface area contributed by atoms with Gasteiger partial charge in [-0.1, -0.05) is 28.1 Å². The molecule has 0 saturated heterocycles. The van der Waals surface area contributed by atoms with Crippen molar-refractivity contribution in [2.75, 3.05) is 7.11 Å². The smallest absolute Gasteiger partial charge is 0.254 e. The van der Waals surface area contributed by atoms with Gasteiger partial charge in [-0.05, 0) is 36.8 Å². The highest BCUT2D eigenvalue weighted by Gasteiger charge is 2.15. The molecule has 5 heteroatoms. The molecule has 0 spiro atoms. The van der Waals surface area contributed by atoms with Crippen LogP contribution in [-0.4, -0.2) is 13.0 Å². The van der Waals surface area contributed by atoms with E-state index < -0.39 is 11.7 Å². The average Bonchev–Trinajstić information content (AvgIpc) is 2.47. The zero-order valence-electron chi connectivity index (χ0n) is 11.7. The molecule has 1 amide bonds. The van der Waals surface area contributed by atoms with E-state index >= 15 is 0 Å². The highest BCUT2D eigenvalue weighted by atomic mass is 79.9. The lowest BCUT2D eigenvalue weighted by Gasteiger charge is -2.15. The third-order valence-corrected chi connectivity index (χ3v) is 3.67. The second-order valence-electron chi connectivity index (χ2n) is 4.59. The number of carbonyl (C=O) groups excluding carboxylic acids is 1. The van der Waals surface area contributed by atoms with Crippen LogP contribution in [0.1, 0.15) is 28.9 Å². The van der Waals surface area contributed by atoms with E-state index in [4.69, 9.17) is 4.74 Å². The van der Waals surface area contributed by atoms with Crippen LogP contribution in [0, 0.1) is 5.82 Å². The van der Waals surface area contributed by atoms with E-state index in [0.717, 1.165) is 10.0 Å². The first-order valence-electron chi connectivity index (χ1n) is 6.41. The summed E-state index contributed by atoms with van der Waals surface area (Å²) in [7, 11) is 1.45. The molecule has 0 aromatic heterocycles. The molecule has 2 rings (SSSR count). The maximum absolute atomic E-state index is 13.8. The van der Waals surface area contributed by atoms with Crippen molar-refractivity contribution >= 4 is 21.8 Å². The molecule has 1 atom stereocenters. The summed E-state index contributed by atoms with van der Waals surface area (Å²) in [6.07, 6.45) is 0. The van der Waals surface area contributed by atoms with Crippen LogP contribution in [0.5, 0.6) is 5.75 Å². The molecule has 2 aromatic carbocycles. The number of hydrogen-bond donors (Lipinski definition) is 1. The van der Waals surface area contributed by atoms with Gasteiger partial charge in [0, 0.05) is 10.5 Å². The third-order valence-electron chi connectivity index (χ3n) is 3.14. The van der Waals surface area contributed by atoms with Crippen molar-refractivity contribution in [3.8, 4) is 5.75 Å². The summed E-state index contributed by atoms with van der Waals surface area (Å²) in [5, 5.41) is 2.78. The Balaban J connectivity index is 2.12. The molecule has 0 fully saturated rings. The molecule has 0 bridgehead atoms. The maximum Gasteiger partial charge on any atom is 0.254 e. The normalized spacial score (nSPS) is 11.8. The molecule has 2 aromatic rings. The van der Waals surface area contributed by atoms with Crippen molar-refractivity contribution in [3.63, 3.8) is 0 Å². The van der Waals surface area contributed by atoms with Crippen LogP contribution in [-0.2, 0) is 0 Å². The van der Waals surface area contributed by atoms with Gasteiger partial charge in [0.2, 0.25) is 0 Å². The van der Waals surface area contributed by atoms with Crippen molar-refractivity contribution in [2.45, 2.75) is 13.0 Å². The summed E-state index contributed by atoms with van der Waals surface area (Å²) in [6, 6.07) is 11.5. The van der Waals surface area contributed by atoms with Crippen molar-refractivity contribution in [1.82, 2.24) is 5.32 Å². The van der Waals surface area contributed by atoms with Gasteiger partial charge in [0.1, 0.15) is 11.6 Å². The lowest BCUT2D eigenvalue weighted by molar-refractivity contribution is 0.0936. The number of rotatable bonds is 4. The average molecular weight is 352 g/mol. The molecular formula is C16H15BrFNO2. The molecular weight excluding hydrogens is 337 g/mol. The summed E-state index contributed by atoms with van der Waals surface area (Å²) in [5.41, 5.74) is 0.945. The minimum atomic E-state index is -0.602. The Morgan fingerprint density at radius 3 is 2.48 bits per heavy atom. The summed E-state index contributed by atoms with van der Waals surface area (Å²) >= 11 is 3.36. The molecule has 0 unspecified atom stereocenters. The van der Waals surface area contributed by atoms with E-state index in [2.05, 4.69) is 21.2 Å². The lowest BCUT2D eigenvalue weighted by atomic mass is 10.1. The number of nitrogens with one attached hydrogen (secondary N) is 1. The zero-order chi connectivity index (χ0) is 15.4. The van der Waals surface area contributed by atoms with E-state index in [1.807, 2.05) is 31.2 Å². The SMILES string of the molecule is COc1ccc(C(=O)N[C@@H](C)c2ccc(Br)cc2)c(F)c1. The Morgan fingerprint density at radius 1 is 1.24 bits per heavy atom. The van der Waals surface area contributed by atoms with Gasteiger partial charge in [0.05, 0.1) is 18.7 Å². The van der Waals surface area contributed by atoms with Crippen molar-refractivity contribution in [1.29, 1.82) is 0 Å². The molecule has 0 aliphatic heterocycles. The van der Waals surface area contributed by atoms with Crippen molar-refractivity contribution in [2.24, 2.45) is 0 Å². The summed E-state index contributed by atoms with van der Waals surface area (Å²) in [6.45, 7) is 1.85. The standard InChI is InChI=1S/C16H15BrFNO2/c1-10(11-3-5-12(17)6-4-11)19-16(20)14-8-7-13(21-2)9-15(14)18/h3-10H,1-2H3,(H,19,20)/t10-/m0/s1. The lowest BCUT2D eigenvalue weighted by Crippen LogP contribution is -2.27. The van der Waals surface area contributed by atoms with Crippen molar-refractivity contribution < 1.29 is 13.9 Å². The molecule has 110 valence electrons. The first kappa shape index (κ1) is 15.5. The fourth-order valence-corrected chi connectivity index (χ4v) is 2.18. The van der Waals surface area contributed by atoms with Gasteiger partial charge >= 0.3 is 0 Å². The first-order valence-corrected chi connectivity index (χ1v) is 7.20. The number of halogens is 2. The van der Waals surface area contributed by atoms with E-state index in [-0.39, 0.29) is 11.6 Å². The quantitative estimate of drug-likeness (QED) is 0.900. The van der Waals surface area contributed by atoms with Crippen LogP contribution in [0.2, 0.25) is 0 Å². The minimum Gasteiger partial charge on any atom is -0.497 e. The van der Waals surface area contributed by atoms with Gasteiger partial charge in [-0.3, -0.25) is 4.79 Å². The molecule has 0 saturated carbocycles. The highest BCUT2D eigenvalue weighted by molar-refractivity contribution is 9.10.